The Bertz CT molecular complexity index is 1090. The van der Waals surface area contributed by atoms with Crippen LogP contribution in [-0.4, -0.2) is 44.2 Å². The molecule has 0 radical (unpaired) electrons. The maximum absolute atomic E-state index is 12.5. The molecule has 1 aliphatic heterocycles. The molecule has 1 saturated heterocycles. The number of carbonyl (C=O) groups excluding carboxylic acids is 2. The van der Waals surface area contributed by atoms with Gasteiger partial charge in [0.1, 0.15) is 0 Å². The number of nitrogens with one attached hydrogen (secondary N) is 1. The van der Waals surface area contributed by atoms with Crippen LogP contribution in [0.4, 0.5) is 5.69 Å². The van der Waals surface area contributed by atoms with Gasteiger partial charge in [-0.25, -0.2) is 8.42 Å². The molecule has 1 N–H and O–H groups in total. The summed E-state index contributed by atoms with van der Waals surface area (Å²) in [6.07, 6.45) is 4.64. The Balaban J connectivity index is 1.53. The van der Waals surface area contributed by atoms with Gasteiger partial charge in [-0.1, -0.05) is 24.3 Å². The van der Waals surface area contributed by atoms with Crippen molar-refractivity contribution in [3.05, 3.63) is 65.7 Å². The molecule has 7 nitrogen and oxygen atoms in total. The normalized spacial score (nSPS) is 14.7. The van der Waals surface area contributed by atoms with Crippen molar-refractivity contribution in [1.82, 2.24) is 9.62 Å². The predicted octanol–water partition coefficient (Wildman–Crippen LogP) is 3.17. The first-order chi connectivity index (χ1) is 15.2. The SMILES string of the molecule is CC(C)N(C)S(=O)(=O)c1ccc(CNC(=O)/C=C/c2ccc(N3CCCC3=O)cc2)cc1. The number of sulfonamides is 1. The summed E-state index contributed by atoms with van der Waals surface area (Å²) in [4.78, 5) is 26.0. The molecule has 2 aromatic rings. The fourth-order valence-corrected chi connectivity index (χ4v) is 4.70. The van der Waals surface area contributed by atoms with Gasteiger partial charge in [-0.15, -0.1) is 0 Å². The molecular formula is C24H29N3O4S. The summed E-state index contributed by atoms with van der Waals surface area (Å²) in [5, 5.41) is 2.79. The van der Waals surface area contributed by atoms with E-state index < -0.39 is 10.0 Å². The molecular weight excluding hydrogens is 426 g/mol. The summed E-state index contributed by atoms with van der Waals surface area (Å²) in [5.74, 6) is -0.106. The smallest absolute Gasteiger partial charge is 0.244 e. The van der Waals surface area contributed by atoms with Gasteiger partial charge in [0.05, 0.1) is 4.90 Å². The molecule has 2 amide bonds. The van der Waals surface area contributed by atoms with Crippen molar-refractivity contribution >= 4 is 33.6 Å². The molecule has 0 aromatic heterocycles. The summed E-state index contributed by atoms with van der Waals surface area (Å²) in [6.45, 7) is 4.67. The van der Waals surface area contributed by atoms with Crippen molar-refractivity contribution in [2.45, 2.75) is 44.2 Å². The number of hydrogen-bond donors (Lipinski definition) is 1. The van der Waals surface area contributed by atoms with Crippen LogP contribution in [0, 0.1) is 0 Å². The highest BCUT2D eigenvalue weighted by atomic mass is 32.2. The first kappa shape index (κ1) is 23.7. The third-order valence-electron chi connectivity index (χ3n) is 5.50. The van der Waals surface area contributed by atoms with E-state index in [1.165, 1.54) is 10.4 Å². The van der Waals surface area contributed by atoms with Gasteiger partial charge in [0.25, 0.3) is 0 Å². The van der Waals surface area contributed by atoms with E-state index in [2.05, 4.69) is 5.32 Å². The van der Waals surface area contributed by atoms with Crippen molar-refractivity contribution in [2.75, 3.05) is 18.5 Å². The summed E-state index contributed by atoms with van der Waals surface area (Å²) in [7, 11) is -1.97. The number of rotatable bonds is 8. The van der Waals surface area contributed by atoms with Gasteiger partial charge >= 0.3 is 0 Å². The average Bonchev–Trinajstić information content (AvgIpc) is 3.22. The van der Waals surface area contributed by atoms with E-state index in [0.717, 1.165) is 29.8 Å². The van der Waals surface area contributed by atoms with Crippen LogP contribution >= 0.6 is 0 Å². The average molecular weight is 456 g/mol. The summed E-state index contributed by atoms with van der Waals surface area (Å²) < 4.78 is 26.3. The second-order valence-corrected chi connectivity index (χ2v) is 10.0. The number of nitrogens with zero attached hydrogens (tertiary/aromatic N) is 2. The fraction of sp³-hybridized carbons (Fsp3) is 0.333. The molecule has 1 aliphatic rings. The van der Waals surface area contributed by atoms with Gasteiger partial charge in [-0.2, -0.15) is 4.31 Å². The molecule has 1 heterocycles. The third kappa shape index (κ3) is 5.63. The summed E-state index contributed by atoms with van der Waals surface area (Å²) in [5.41, 5.74) is 2.54. The fourth-order valence-electron chi connectivity index (χ4n) is 3.33. The van der Waals surface area contributed by atoms with Crippen molar-refractivity contribution in [3.8, 4) is 0 Å². The third-order valence-corrected chi connectivity index (χ3v) is 7.55. The topological polar surface area (TPSA) is 86.8 Å². The summed E-state index contributed by atoms with van der Waals surface area (Å²) in [6, 6.07) is 13.9. The van der Waals surface area contributed by atoms with Gasteiger partial charge in [0.15, 0.2) is 0 Å². The van der Waals surface area contributed by atoms with Crippen molar-refractivity contribution in [1.29, 1.82) is 0 Å². The van der Waals surface area contributed by atoms with Gasteiger partial charge in [0, 0.05) is 44.4 Å². The highest BCUT2D eigenvalue weighted by molar-refractivity contribution is 7.89. The quantitative estimate of drug-likeness (QED) is 0.620. The molecule has 3 rings (SSSR count). The number of amides is 2. The zero-order valence-corrected chi connectivity index (χ0v) is 19.4. The number of carbonyl (C=O) groups is 2. The molecule has 0 bridgehead atoms. The van der Waals surface area contributed by atoms with Gasteiger partial charge in [-0.3, -0.25) is 9.59 Å². The lowest BCUT2D eigenvalue weighted by atomic mass is 10.2. The zero-order valence-electron chi connectivity index (χ0n) is 18.6. The largest absolute Gasteiger partial charge is 0.348 e. The highest BCUT2D eigenvalue weighted by Crippen LogP contribution is 2.22. The number of benzene rings is 2. The Hall–Kier alpha value is -2.97. The molecule has 2 aromatic carbocycles. The Kier molecular flexibility index (Phi) is 7.48. The minimum absolute atomic E-state index is 0.135. The lowest BCUT2D eigenvalue weighted by Gasteiger charge is -2.21. The zero-order chi connectivity index (χ0) is 23.3. The minimum Gasteiger partial charge on any atom is -0.348 e. The van der Waals surface area contributed by atoms with E-state index in [1.807, 2.05) is 38.1 Å². The monoisotopic (exact) mass is 455 g/mol. The Morgan fingerprint density at radius 1 is 1.12 bits per heavy atom. The second-order valence-electron chi connectivity index (χ2n) is 8.05. The molecule has 0 spiro atoms. The second kappa shape index (κ2) is 10.1. The van der Waals surface area contributed by atoms with Crippen molar-refractivity contribution in [3.63, 3.8) is 0 Å². The Labute approximate surface area is 189 Å². The van der Waals surface area contributed by atoms with Gasteiger partial charge < -0.3 is 10.2 Å². The molecule has 0 unspecified atom stereocenters. The number of hydrogen-bond acceptors (Lipinski definition) is 4. The van der Waals surface area contributed by atoms with Gasteiger partial charge in [0.2, 0.25) is 21.8 Å². The maximum atomic E-state index is 12.5. The van der Waals surface area contributed by atoms with Crippen molar-refractivity contribution < 1.29 is 18.0 Å². The van der Waals surface area contributed by atoms with E-state index in [4.69, 9.17) is 0 Å². The highest BCUT2D eigenvalue weighted by Gasteiger charge is 2.23. The van der Waals surface area contributed by atoms with Crippen LogP contribution in [0.2, 0.25) is 0 Å². The lowest BCUT2D eigenvalue weighted by molar-refractivity contribution is -0.117. The molecule has 32 heavy (non-hydrogen) atoms. The Morgan fingerprint density at radius 2 is 1.78 bits per heavy atom. The van der Waals surface area contributed by atoms with E-state index in [9.17, 15) is 18.0 Å². The standard InChI is InChI=1S/C24H29N3O4S/c1-18(2)26(3)32(30,31)22-13-8-20(9-14-22)17-25-23(28)15-10-19-6-11-21(12-7-19)27-16-4-5-24(27)29/h6-15,18H,4-5,16-17H2,1-3H3,(H,25,28)/b15-10+. The lowest BCUT2D eigenvalue weighted by Crippen LogP contribution is -2.33. The maximum Gasteiger partial charge on any atom is 0.244 e. The van der Waals surface area contributed by atoms with Crippen LogP contribution in [-0.2, 0) is 26.2 Å². The van der Waals surface area contributed by atoms with Crippen LogP contribution < -0.4 is 10.2 Å². The van der Waals surface area contributed by atoms with Crippen LogP contribution in [0.15, 0.2) is 59.5 Å². The van der Waals surface area contributed by atoms with Crippen LogP contribution in [0.25, 0.3) is 6.08 Å². The molecule has 8 heteroatoms. The van der Waals surface area contributed by atoms with Crippen LogP contribution in [0.5, 0.6) is 0 Å². The molecule has 1 fully saturated rings. The van der Waals surface area contributed by atoms with E-state index >= 15 is 0 Å². The number of anilines is 1. The van der Waals surface area contributed by atoms with Gasteiger partial charge in [-0.05, 0) is 61.7 Å². The first-order valence-electron chi connectivity index (χ1n) is 10.6. The summed E-state index contributed by atoms with van der Waals surface area (Å²) >= 11 is 0. The first-order valence-corrected chi connectivity index (χ1v) is 12.1. The Morgan fingerprint density at radius 3 is 2.34 bits per heavy atom. The van der Waals surface area contributed by atoms with E-state index in [1.54, 1.807) is 42.3 Å². The van der Waals surface area contributed by atoms with Crippen LogP contribution in [0.3, 0.4) is 0 Å². The molecule has 0 saturated carbocycles. The minimum atomic E-state index is -3.52. The molecule has 0 atom stereocenters. The van der Waals surface area contributed by atoms with E-state index in [0.29, 0.717) is 13.0 Å². The van der Waals surface area contributed by atoms with Crippen LogP contribution in [0.1, 0.15) is 37.8 Å². The molecule has 0 aliphatic carbocycles. The van der Waals surface area contributed by atoms with Crippen molar-refractivity contribution in [2.24, 2.45) is 0 Å². The predicted molar refractivity (Wildman–Crippen MR) is 125 cm³/mol. The molecule has 170 valence electrons. The van der Waals surface area contributed by atoms with E-state index in [-0.39, 0.29) is 22.8 Å².